The van der Waals surface area contributed by atoms with Crippen LogP contribution in [0.2, 0.25) is 0 Å². The molecule has 0 saturated heterocycles. The first kappa shape index (κ1) is 6.57. The van der Waals surface area contributed by atoms with Crippen LogP contribution >= 0.6 is 12.9 Å². The van der Waals surface area contributed by atoms with Crippen molar-refractivity contribution >= 4 is 12.9 Å². The Morgan fingerprint density at radius 2 is 2.67 bits per heavy atom. The molecule has 1 aromatic rings. The van der Waals surface area contributed by atoms with Crippen molar-refractivity contribution in [1.82, 2.24) is 15.0 Å². The van der Waals surface area contributed by atoms with Crippen molar-refractivity contribution in [2.45, 2.75) is 6.61 Å². The molecule has 1 rings (SSSR count). The Kier molecular flexibility index (Phi) is 2.07. The summed E-state index contributed by atoms with van der Waals surface area (Å²) in [6.07, 6.45) is 1.77. The molecule has 0 aliphatic carbocycles. The standard InChI is InChI=1S/C4H7N3OS/c1-7-2-4(3-8-9)5-6-7/h2,9H,3H2,1H3. The topological polar surface area (TPSA) is 39.9 Å². The Hall–Kier alpha value is -0.550. The van der Waals surface area contributed by atoms with Crippen molar-refractivity contribution < 1.29 is 4.18 Å². The molecule has 9 heavy (non-hydrogen) atoms. The molecule has 0 aromatic carbocycles. The van der Waals surface area contributed by atoms with E-state index in [9.17, 15) is 0 Å². The van der Waals surface area contributed by atoms with Gasteiger partial charge in [0.05, 0.1) is 6.20 Å². The van der Waals surface area contributed by atoms with Gasteiger partial charge in [-0.25, -0.2) is 0 Å². The van der Waals surface area contributed by atoms with Crippen molar-refractivity contribution in [2.75, 3.05) is 0 Å². The van der Waals surface area contributed by atoms with Crippen LogP contribution in [0.1, 0.15) is 5.69 Å². The fourth-order valence-electron chi connectivity index (χ4n) is 0.528. The van der Waals surface area contributed by atoms with Gasteiger partial charge in [-0.3, -0.25) is 4.68 Å². The second-order valence-electron chi connectivity index (χ2n) is 1.66. The molecule has 0 atom stereocenters. The summed E-state index contributed by atoms with van der Waals surface area (Å²) >= 11 is 3.56. The van der Waals surface area contributed by atoms with E-state index in [-0.39, 0.29) is 0 Å². The van der Waals surface area contributed by atoms with Crippen LogP contribution in [0.15, 0.2) is 6.20 Å². The summed E-state index contributed by atoms with van der Waals surface area (Å²) in [5.41, 5.74) is 0.785. The minimum Gasteiger partial charge on any atom is -0.312 e. The quantitative estimate of drug-likeness (QED) is 0.476. The smallest absolute Gasteiger partial charge is 0.110 e. The molecule has 50 valence electrons. The van der Waals surface area contributed by atoms with E-state index in [1.807, 2.05) is 0 Å². The van der Waals surface area contributed by atoms with Gasteiger partial charge in [0.1, 0.15) is 12.3 Å². The SMILES string of the molecule is Cn1cc(COS)nn1. The van der Waals surface area contributed by atoms with Crippen LogP contribution in [0.5, 0.6) is 0 Å². The molecular weight excluding hydrogens is 138 g/mol. The third-order valence-corrected chi connectivity index (χ3v) is 0.992. The van der Waals surface area contributed by atoms with Gasteiger partial charge in [-0.2, -0.15) is 0 Å². The highest BCUT2D eigenvalue weighted by Crippen LogP contribution is 1.94. The molecule has 1 heterocycles. The number of hydrogen-bond donors (Lipinski definition) is 1. The lowest BCUT2D eigenvalue weighted by Crippen LogP contribution is -1.85. The number of rotatable bonds is 2. The lowest BCUT2D eigenvalue weighted by molar-refractivity contribution is 0.365. The predicted molar refractivity (Wildman–Crippen MR) is 34.8 cm³/mol. The summed E-state index contributed by atoms with van der Waals surface area (Å²) < 4.78 is 6.13. The minimum absolute atomic E-state index is 0.400. The van der Waals surface area contributed by atoms with Gasteiger partial charge in [0.25, 0.3) is 0 Å². The summed E-state index contributed by atoms with van der Waals surface area (Å²) in [6, 6.07) is 0. The highest BCUT2D eigenvalue weighted by Gasteiger charge is 1.94. The van der Waals surface area contributed by atoms with Gasteiger partial charge in [-0.05, 0) is 12.9 Å². The summed E-state index contributed by atoms with van der Waals surface area (Å²) in [5.74, 6) is 0. The van der Waals surface area contributed by atoms with Gasteiger partial charge in [0.15, 0.2) is 0 Å². The molecule has 0 aliphatic heterocycles. The maximum absolute atomic E-state index is 4.52. The molecule has 0 aliphatic rings. The van der Waals surface area contributed by atoms with Crippen LogP contribution in [0.3, 0.4) is 0 Å². The molecular formula is C4H7N3OS. The van der Waals surface area contributed by atoms with Crippen LogP contribution in [-0.4, -0.2) is 15.0 Å². The van der Waals surface area contributed by atoms with Crippen LogP contribution in [-0.2, 0) is 17.8 Å². The van der Waals surface area contributed by atoms with Gasteiger partial charge in [0, 0.05) is 7.05 Å². The Bertz CT molecular complexity index is 188. The normalized spacial score (nSPS) is 10.0. The van der Waals surface area contributed by atoms with E-state index < -0.39 is 0 Å². The zero-order valence-corrected chi connectivity index (χ0v) is 5.88. The molecule has 0 radical (unpaired) electrons. The zero-order chi connectivity index (χ0) is 6.69. The van der Waals surface area contributed by atoms with Crippen molar-refractivity contribution in [1.29, 1.82) is 0 Å². The lowest BCUT2D eigenvalue weighted by atomic mass is 10.5. The van der Waals surface area contributed by atoms with E-state index >= 15 is 0 Å². The van der Waals surface area contributed by atoms with Crippen LogP contribution in [0, 0.1) is 0 Å². The Balaban J connectivity index is 2.61. The molecule has 0 N–H and O–H groups in total. The molecule has 0 spiro atoms. The molecule has 0 bridgehead atoms. The van der Waals surface area contributed by atoms with E-state index in [1.54, 1.807) is 17.9 Å². The van der Waals surface area contributed by atoms with Gasteiger partial charge in [0.2, 0.25) is 0 Å². The van der Waals surface area contributed by atoms with E-state index in [1.165, 1.54) is 0 Å². The zero-order valence-electron chi connectivity index (χ0n) is 4.98. The largest absolute Gasteiger partial charge is 0.312 e. The maximum Gasteiger partial charge on any atom is 0.110 e. The molecule has 0 fully saturated rings. The Morgan fingerprint density at radius 1 is 1.89 bits per heavy atom. The van der Waals surface area contributed by atoms with Gasteiger partial charge >= 0.3 is 0 Å². The number of aromatic nitrogens is 3. The Labute approximate surface area is 58.4 Å². The Morgan fingerprint density at radius 3 is 3.11 bits per heavy atom. The molecule has 0 unspecified atom stereocenters. The van der Waals surface area contributed by atoms with Gasteiger partial charge < -0.3 is 4.18 Å². The highest BCUT2D eigenvalue weighted by molar-refractivity contribution is 7.75. The number of hydrogen-bond acceptors (Lipinski definition) is 4. The van der Waals surface area contributed by atoms with Crippen LogP contribution < -0.4 is 0 Å². The van der Waals surface area contributed by atoms with Gasteiger partial charge in [-0.15, -0.1) is 5.10 Å². The van der Waals surface area contributed by atoms with Crippen molar-refractivity contribution in [3.8, 4) is 0 Å². The fourth-order valence-corrected chi connectivity index (χ4v) is 0.660. The molecule has 1 aromatic heterocycles. The summed E-state index contributed by atoms with van der Waals surface area (Å²) in [4.78, 5) is 0. The fraction of sp³-hybridized carbons (Fsp3) is 0.500. The van der Waals surface area contributed by atoms with E-state index in [0.717, 1.165) is 5.69 Å². The minimum atomic E-state index is 0.400. The second-order valence-corrected chi connectivity index (χ2v) is 1.92. The third-order valence-electron chi connectivity index (χ3n) is 0.863. The highest BCUT2D eigenvalue weighted by atomic mass is 32.1. The monoisotopic (exact) mass is 145 g/mol. The predicted octanol–water partition coefficient (Wildman–Crippen LogP) is 0.176. The number of aryl methyl sites for hydroxylation is 1. The van der Waals surface area contributed by atoms with E-state index in [4.69, 9.17) is 0 Å². The average molecular weight is 145 g/mol. The first-order valence-corrected chi connectivity index (χ1v) is 2.81. The van der Waals surface area contributed by atoms with Crippen LogP contribution in [0.25, 0.3) is 0 Å². The first-order chi connectivity index (χ1) is 4.33. The maximum atomic E-state index is 4.52. The third kappa shape index (κ3) is 1.69. The molecule has 0 saturated carbocycles. The van der Waals surface area contributed by atoms with Crippen LogP contribution in [0.4, 0.5) is 0 Å². The van der Waals surface area contributed by atoms with Gasteiger partial charge in [-0.1, -0.05) is 5.21 Å². The molecule has 5 heteroatoms. The van der Waals surface area contributed by atoms with Crippen molar-refractivity contribution in [2.24, 2.45) is 7.05 Å². The summed E-state index contributed by atoms with van der Waals surface area (Å²) in [7, 11) is 1.80. The lowest BCUT2D eigenvalue weighted by Gasteiger charge is -1.85. The van der Waals surface area contributed by atoms with E-state index in [2.05, 4.69) is 27.4 Å². The molecule has 4 nitrogen and oxygen atoms in total. The van der Waals surface area contributed by atoms with Crippen molar-refractivity contribution in [3.05, 3.63) is 11.9 Å². The summed E-state index contributed by atoms with van der Waals surface area (Å²) in [6.45, 7) is 0.400. The number of thiol groups is 1. The second kappa shape index (κ2) is 2.84. The average Bonchev–Trinajstić information content (AvgIpc) is 2.17. The van der Waals surface area contributed by atoms with E-state index in [0.29, 0.717) is 6.61 Å². The van der Waals surface area contributed by atoms with Crippen molar-refractivity contribution in [3.63, 3.8) is 0 Å². The molecule has 0 amide bonds. The first-order valence-electron chi connectivity index (χ1n) is 2.44. The summed E-state index contributed by atoms with van der Waals surface area (Å²) in [5, 5.41) is 7.43. The number of nitrogens with zero attached hydrogens (tertiary/aromatic N) is 3.